The van der Waals surface area contributed by atoms with Crippen molar-refractivity contribution in [2.75, 3.05) is 23.8 Å². The molecule has 7 heteroatoms. The van der Waals surface area contributed by atoms with Gasteiger partial charge >= 0.3 is 6.03 Å². The quantitative estimate of drug-likeness (QED) is 0.712. The van der Waals surface area contributed by atoms with Crippen LogP contribution in [0.3, 0.4) is 0 Å². The highest BCUT2D eigenvalue weighted by molar-refractivity contribution is 5.92. The molecule has 2 aromatic rings. The van der Waals surface area contributed by atoms with Gasteiger partial charge in [0.25, 0.3) is 0 Å². The summed E-state index contributed by atoms with van der Waals surface area (Å²) in [7, 11) is 0. The van der Waals surface area contributed by atoms with Gasteiger partial charge in [-0.15, -0.1) is 0 Å². The predicted molar refractivity (Wildman–Crippen MR) is 89.7 cm³/mol. The van der Waals surface area contributed by atoms with Gasteiger partial charge in [0, 0.05) is 24.4 Å². The van der Waals surface area contributed by atoms with Crippen molar-refractivity contribution in [1.29, 1.82) is 0 Å². The number of ether oxygens (including phenoxy) is 1. The van der Waals surface area contributed by atoms with E-state index < -0.39 is 6.03 Å². The van der Waals surface area contributed by atoms with Crippen LogP contribution in [0.25, 0.3) is 0 Å². The Morgan fingerprint density at radius 2 is 1.75 bits per heavy atom. The largest absolute Gasteiger partial charge is 0.492 e. The maximum absolute atomic E-state index is 13.0. The van der Waals surface area contributed by atoms with E-state index in [2.05, 4.69) is 16.0 Å². The molecule has 3 N–H and O–H groups in total. The molecule has 0 aliphatic heterocycles. The molecule has 6 nitrogen and oxygen atoms in total. The summed E-state index contributed by atoms with van der Waals surface area (Å²) in [6.07, 6.45) is 0. The number of benzene rings is 2. The lowest BCUT2D eigenvalue weighted by Crippen LogP contribution is -2.32. The number of nitrogens with one attached hydrogen (secondary N) is 3. The first-order valence-corrected chi connectivity index (χ1v) is 7.34. The maximum Gasteiger partial charge on any atom is 0.319 e. The highest BCUT2D eigenvalue weighted by Crippen LogP contribution is 2.15. The molecule has 2 aromatic carbocycles. The van der Waals surface area contributed by atoms with Gasteiger partial charge in [0.2, 0.25) is 5.91 Å². The van der Waals surface area contributed by atoms with E-state index in [-0.39, 0.29) is 24.9 Å². The summed E-state index contributed by atoms with van der Waals surface area (Å²) in [5.74, 6) is -0.163. The smallest absolute Gasteiger partial charge is 0.319 e. The zero-order chi connectivity index (χ0) is 17.4. The molecule has 0 bridgehead atoms. The number of anilines is 2. The molecule has 0 fully saturated rings. The number of carbonyl (C=O) groups excluding carboxylic acids is 2. The van der Waals surface area contributed by atoms with Gasteiger partial charge in [-0.3, -0.25) is 4.79 Å². The second-order valence-electron chi connectivity index (χ2n) is 4.95. The fourth-order valence-electron chi connectivity index (χ4n) is 1.94. The molecule has 126 valence electrons. The molecule has 24 heavy (non-hydrogen) atoms. The van der Waals surface area contributed by atoms with Crippen molar-refractivity contribution in [3.05, 3.63) is 54.3 Å². The van der Waals surface area contributed by atoms with Crippen LogP contribution >= 0.6 is 0 Å². The lowest BCUT2D eigenvalue weighted by atomic mass is 10.3. The van der Waals surface area contributed by atoms with Crippen molar-refractivity contribution in [3.8, 4) is 5.75 Å². The van der Waals surface area contributed by atoms with Crippen LogP contribution in [0.15, 0.2) is 48.5 Å². The zero-order valence-corrected chi connectivity index (χ0v) is 13.1. The Kier molecular flexibility index (Phi) is 6.13. The van der Waals surface area contributed by atoms with Crippen LogP contribution in [0.1, 0.15) is 6.92 Å². The normalized spacial score (nSPS) is 9.92. The number of urea groups is 1. The van der Waals surface area contributed by atoms with E-state index in [0.29, 0.717) is 17.1 Å². The molecule has 2 rings (SSSR count). The lowest BCUT2D eigenvalue weighted by Gasteiger charge is -2.10. The van der Waals surface area contributed by atoms with Gasteiger partial charge in [-0.05, 0) is 30.3 Å². The van der Waals surface area contributed by atoms with Gasteiger partial charge < -0.3 is 20.7 Å². The number of halogens is 1. The Morgan fingerprint density at radius 1 is 1.04 bits per heavy atom. The molecule has 0 spiro atoms. The standard InChI is InChI=1S/C17H18FN3O3/c1-12(22)20-14-5-3-6-15(11-14)21-17(23)19-8-9-24-16-7-2-4-13(18)10-16/h2-7,10-11H,8-9H2,1H3,(H,20,22)(H2,19,21,23). The average Bonchev–Trinajstić information content (AvgIpc) is 2.51. The molecular formula is C17H18FN3O3. The number of amides is 3. The van der Waals surface area contributed by atoms with Crippen molar-refractivity contribution < 1.29 is 18.7 Å². The Hall–Kier alpha value is -3.09. The monoisotopic (exact) mass is 331 g/mol. The van der Waals surface area contributed by atoms with Gasteiger partial charge in [-0.25, -0.2) is 9.18 Å². The lowest BCUT2D eigenvalue weighted by molar-refractivity contribution is -0.114. The fourth-order valence-corrected chi connectivity index (χ4v) is 1.94. The van der Waals surface area contributed by atoms with Gasteiger partial charge in [0.15, 0.2) is 0 Å². The fraction of sp³-hybridized carbons (Fsp3) is 0.176. The van der Waals surface area contributed by atoms with Gasteiger partial charge in [0.1, 0.15) is 18.2 Å². The molecule has 3 amide bonds. The number of rotatable bonds is 6. The minimum atomic E-state index is -0.405. The Morgan fingerprint density at radius 3 is 2.46 bits per heavy atom. The van der Waals surface area contributed by atoms with E-state index in [9.17, 15) is 14.0 Å². The van der Waals surface area contributed by atoms with E-state index in [4.69, 9.17) is 4.74 Å². The second kappa shape index (κ2) is 8.52. The summed E-state index contributed by atoms with van der Waals surface area (Å²) in [4.78, 5) is 22.8. The van der Waals surface area contributed by atoms with E-state index >= 15 is 0 Å². The predicted octanol–water partition coefficient (Wildman–Crippen LogP) is 2.98. The first-order chi connectivity index (χ1) is 11.5. The molecule has 0 saturated heterocycles. The van der Waals surface area contributed by atoms with Gasteiger partial charge in [0.05, 0.1) is 6.54 Å². The number of carbonyl (C=O) groups is 2. The Bertz CT molecular complexity index is 722. The Labute approximate surface area is 139 Å². The van der Waals surface area contributed by atoms with Crippen LogP contribution < -0.4 is 20.7 Å². The van der Waals surface area contributed by atoms with Crippen molar-refractivity contribution in [2.24, 2.45) is 0 Å². The Balaban J connectivity index is 1.74. The van der Waals surface area contributed by atoms with Crippen molar-refractivity contribution >= 4 is 23.3 Å². The van der Waals surface area contributed by atoms with Crippen molar-refractivity contribution in [3.63, 3.8) is 0 Å². The van der Waals surface area contributed by atoms with Crippen LogP contribution in [0.2, 0.25) is 0 Å². The number of hydrogen-bond donors (Lipinski definition) is 3. The summed E-state index contributed by atoms with van der Waals surface area (Å²) in [6, 6.07) is 12.2. The zero-order valence-electron chi connectivity index (χ0n) is 13.1. The van der Waals surface area contributed by atoms with E-state index in [0.717, 1.165) is 0 Å². The van der Waals surface area contributed by atoms with Gasteiger partial charge in [-0.2, -0.15) is 0 Å². The molecule has 0 aromatic heterocycles. The van der Waals surface area contributed by atoms with Crippen LogP contribution in [-0.4, -0.2) is 25.1 Å². The molecule has 0 unspecified atom stereocenters. The highest BCUT2D eigenvalue weighted by atomic mass is 19.1. The summed E-state index contributed by atoms with van der Waals surface area (Å²) in [5.41, 5.74) is 1.14. The van der Waals surface area contributed by atoms with Gasteiger partial charge in [-0.1, -0.05) is 12.1 Å². The summed E-state index contributed by atoms with van der Waals surface area (Å²) in [6.45, 7) is 1.88. The highest BCUT2D eigenvalue weighted by Gasteiger charge is 2.03. The summed E-state index contributed by atoms with van der Waals surface area (Å²) in [5, 5.41) is 7.90. The molecule has 0 radical (unpaired) electrons. The van der Waals surface area contributed by atoms with Crippen LogP contribution in [0, 0.1) is 5.82 Å². The summed E-state index contributed by atoms with van der Waals surface area (Å²) < 4.78 is 18.3. The molecular weight excluding hydrogens is 313 g/mol. The van der Waals surface area contributed by atoms with E-state index in [1.54, 1.807) is 36.4 Å². The minimum absolute atomic E-state index is 0.189. The van der Waals surface area contributed by atoms with E-state index in [1.807, 2.05) is 0 Å². The third kappa shape index (κ3) is 5.96. The summed E-state index contributed by atoms with van der Waals surface area (Å²) >= 11 is 0. The SMILES string of the molecule is CC(=O)Nc1cccc(NC(=O)NCCOc2cccc(F)c2)c1. The molecule has 0 atom stereocenters. The molecule has 0 heterocycles. The first-order valence-electron chi connectivity index (χ1n) is 7.34. The molecule has 0 aliphatic rings. The van der Waals surface area contributed by atoms with Crippen molar-refractivity contribution in [1.82, 2.24) is 5.32 Å². The number of hydrogen-bond acceptors (Lipinski definition) is 3. The van der Waals surface area contributed by atoms with Crippen LogP contribution in [0.5, 0.6) is 5.75 Å². The van der Waals surface area contributed by atoms with Crippen LogP contribution in [-0.2, 0) is 4.79 Å². The third-order valence-corrected chi connectivity index (χ3v) is 2.89. The van der Waals surface area contributed by atoms with Crippen LogP contribution in [0.4, 0.5) is 20.6 Å². The van der Waals surface area contributed by atoms with Crippen molar-refractivity contribution in [2.45, 2.75) is 6.92 Å². The topological polar surface area (TPSA) is 79.5 Å². The second-order valence-corrected chi connectivity index (χ2v) is 4.95. The van der Waals surface area contributed by atoms with E-state index in [1.165, 1.54) is 19.1 Å². The molecule has 0 saturated carbocycles. The average molecular weight is 331 g/mol. The maximum atomic E-state index is 13.0. The minimum Gasteiger partial charge on any atom is -0.492 e. The molecule has 0 aliphatic carbocycles. The first kappa shape index (κ1) is 17.3. The third-order valence-electron chi connectivity index (χ3n) is 2.89.